The lowest BCUT2D eigenvalue weighted by Gasteiger charge is -2.22. The second-order valence-electron chi connectivity index (χ2n) is 28.2. The summed E-state index contributed by atoms with van der Waals surface area (Å²) in [6.07, 6.45) is 5.69. The lowest BCUT2D eigenvalue weighted by Crippen LogP contribution is -2.37. The van der Waals surface area contributed by atoms with Crippen LogP contribution in [0, 0.1) is 23.3 Å². The first-order valence-corrected chi connectivity index (χ1v) is 40.2. The predicted octanol–water partition coefficient (Wildman–Crippen LogP) is 8.52. The number of urea groups is 2. The van der Waals surface area contributed by atoms with Gasteiger partial charge in [-0.1, -0.05) is 107 Å². The van der Waals surface area contributed by atoms with Gasteiger partial charge >= 0.3 is 24.0 Å². The molecular weight excluding hydrogens is 1610 g/mol. The summed E-state index contributed by atoms with van der Waals surface area (Å²) in [7, 11) is 0. The van der Waals surface area contributed by atoms with Gasteiger partial charge in [-0.15, -0.1) is 10.2 Å². The van der Waals surface area contributed by atoms with Crippen molar-refractivity contribution in [3.8, 4) is 22.5 Å². The monoisotopic (exact) mass is 1710 g/mol. The SMILES string of the molecule is CCNC(=O)Nc1ccc(-c2nc3n(Cc4c(F)cccc4F)cc(C(=O)OCC)c(=O)n3c2CN(CC(=O)NCc2cn(CCOCCOCCOCCOCCn3cc(CNC(=O)CN(Cc4ccccc4)Cc4c(-c5ccc(NC(=O)NCC)cc5)nc5n(Cc6c(F)cccc6F)cc(C(=O)OCC)c(=O)n45)nn3)nn2)Cc2ccccc2)cc1. The first kappa shape index (κ1) is 89.6. The molecule has 0 saturated carbocycles. The van der Waals surface area contributed by atoms with E-state index in [4.69, 9.17) is 38.4 Å². The molecule has 0 radical (unpaired) electrons. The highest BCUT2D eigenvalue weighted by atomic mass is 19.1. The predicted molar refractivity (Wildman–Crippen MR) is 446 cm³/mol. The van der Waals surface area contributed by atoms with Gasteiger partial charge in [0.15, 0.2) is 0 Å². The number of esters is 2. The summed E-state index contributed by atoms with van der Waals surface area (Å²) in [5.41, 5.74) is 2.06. The van der Waals surface area contributed by atoms with Gasteiger partial charge in [0.05, 0.1) is 154 Å². The Hall–Kier alpha value is -13.7. The zero-order valence-electron chi connectivity index (χ0n) is 68.6. The molecule has 12 rings (SSSR count). The summed E-state index contributed by atoms with van der Waals surface area (Å²) in [6, 6.07) is 37.8. The fourth-order valence-corrected chi connectivity index (χ4v) is 13.4. The molecule has 0 fully saturated rings. The Bertz CT molecular complexity index is 5400. The number of benzene rings is 6. The standard InChI is InChI=1S/C86H94F4N20O14/c1-5-91-83(117)95-61-29-25-59(26-30-61)77-73(109-79(113)67(81(115)123-7-3)51-105(85(109)97-77)49-65-69(87)21-15-22-70(65)88)53-103(45-57-17-11-9-12-18-57)55-75(111)93-43-63-47-107(101-99-63)33-35-119-37-39-121-41-42-122-40-38-120-36-34-108-48-64(100-102-108)44-94-76(112)56-104(46-58-19-13-10-14-20-58)54-74-78(60-27-31-62(32-28-60)96-84(118)92-6-2)98-86-106(50-66-71(89)23-16-24-72(66)90)52-68(80(114)110(74)86)82(116)124-8-4/h9-32,47-48,51-52H,5-8,33-46,49-50,53-56H2,1-4H3,(H,93,111)(H,94,112)(H2,91,95,117)(H2,92,96,118). The highest BCUT2D eigenvalue weighted by Gasteiger charge is 2.30. The van der Waals surface area contributed by atoms with Crippen molar-refractivity contribution in [2.75, 3.05) is 103 Å². The average Bonchev–Trinajstić information content (AvgIpc) is 1.58. The molecular formula is C86H94F4N20O14. The summed E-state index contributed by atoms with van der Waals surface area (Å²) in [5.74, 6) is -6.39. The smallest absolute Gasteiger partial charge is 0.345 e. The van der Waals surface area contributed by atoms with E-state index in [0.29, 0.717) is 86.5 Å². The van der Waals surface area contributed by atoms with E-state index in [2.05, 4.69) is 52.5 Å². The average molecular weight is 1710 g/mol. The molecule has 6 heterocycles. The number of aromatic nitrogens is 12. The number of nitrogens with one attached hydrogen (secondary N) is 6. The van der Waals surface area contributed by atoms with Gasteiger partial charge in [-0.2, -0.15) is 0 Å². The van der Waals surface area contributed by atoms with E-state index in [1.165, 1.54) is 30.1 Å². The summed E-state index contributed by atoms with van der Waals surface area (Å²) in [5, 5.41) is 33.6. The number of carbonyl (C=O) groups is 6. The quantitative estimate of drug-likeness (QED) is 0.0118. The van der Waals surface area contributed by atoms with Crippen molar-refractivity contribution in [3.63, 3.8) is 0 Å². The highest BCUT2D eigenvalue weighted by Crippen LogP contribution is 2.31. The third-order valence-corrected chi connectivity index (χ3v) is 19.3. The Morgan fingerprint density at radius 3 is 1.14 bits per heavy atom. The topological polar surface area (TPSA) is 376 Å². The molecule has 34 nitrogen and oxygen atoms in total. The Balaban J connectivity index is 0.587. The summed E-state index contributed by atoms with van der Waals surface area (Å²) in [4.78, 5) is 123. The molecule has 124 heavy (non-hydrogen) atoms. The molecule has 0 spiro atoms. The first-order chi connectivity index (χ1) is 60.2. The number of imidazole rings is 2. The van der Waals surface area contributed by atoms with Crippen LogP contribution < -0.4 is 43.0 Å². The van der Waals surface area contributed by atoms with Crippen molar-refractivity contribution in [3.05, 3.63) is 271 Å². The molecule has 0 atom stereocenters. The molecule has 38 heteroatoms. The molecule has 6 aromatic carbocycles. The first-order valence-electron chi connectivity index (χ1n) is 40.2. The molecule has 12 aromatic rings. The third kappa shape index (κ3) is 24.2. The number of amides is 6. The molecule has 6 amide bonds. The maximum Gasteiger partial charge on any atom is 0.345 e. The minimum atomic E-state index is -0.977. The second-order valence-corrected chi connectivity index (χ2v) is 28.2. The van der Waals surface area contributed by atoms with Gasteiger partial charge in [0.2, 0.25) is 23.4 Å². The largest absolute Gasteiger partial charge is 0.462 e. The Kier molecular flexibility index (Phi) is 32.0. The molecule has 6 N–H and O–H groups in total. The number of rotatable bonds is 45. The fraction of sp³-hybridized carbons (Fsp3) is 0.326. The molecule has 6 aromatic heterocycles. The van der Waals surface area contributed by atoms with Gasteiger partial charge in [0.25, 0.3) is 11.1 Å². The van der Waals surface area contributed by atoms with Crippen molar-refractivity contribution >= 4 is 58.7 Å². The van der Waals surface area contributed by atoms with Gasteiger partial charge in [0.1, 0.15) is 45.8 Å². The van der Waals surface area contributed by atoms with Gasteiger partial charge in [-0.05, 0) is 87.4 Å². The maximum absolute atomic E-state index is 15.4. The minimum absolute atomic E-state index is 0.00480. The van der Waals surface area contributed by atoms with Crippen molar-refractivity contribution in [2.45, 2.75) is 93.1 Å². The zero-order chi connectivity index (χ0) is 87.4. The highest BCUT2D eigenvalue weighted by molar-refractivity contribution is 5.92. The number of nitrogens with zero attached hydrogens (tertiary/aromatic N) is 14. The molecule has 0 saturated heterocycles. The van der Waals surface area contributed by atoms with E-state index < -0.39 is 94.4 Å². The van der Waals surface area contributed by atoms with Crippen molar-refractivity contribution in [1.82, 2.24) is 89.0 Å². The van der Waals surface area contributed by atoms with Crippen LogP contribution in [0.2, 0.25) is 0 Å². The number of carbonyl (C=O) groups excluding carboxylic acids is 6. The zero-order valence-corrected chi connectivity index (χ0v) is 68.6. The molecule has 0 unspecified atom stereocenters. The Labute approximate surface area is 708 Å². The van der Waals surface area contributed by atoms with E-state index in [0.717, 1.165) is 47.8 Å². The number of fused-ring (bicyclic) bond motifs is 2. The Morgan fingerprint density at radius 1 is 0.419 bits per heavy atom. The normalized spacial score (nSPS) is 11.4. The van der Waals surface area contributed by atoms with Gasteiger partial charge in [0, 0.05) is 85.3 Å². The molecule has 0 aliphatic heterocycles. The van der Waals surface area contributed by atoms with Crippen LogP contribution in [0.25, 0.3) is 34.1 Å². The van der Waals surface area contributed by atoms with Gasteiger partial charge in [-0.3, -0.25) is 29.0 Å². The number of anilines is 2. The second kappa shape index (κ2) is 44.2. The number of hydrogen-bond acceptors (Lipinski definition) is 22. The van der Waals surface area contributed by atoms with E-state index in [9.17, 15) is 38.4 Å². The van der Waals surface area contributed by atoms with Gasteiger partial charge in [-0.25, -0.2) is 64.9 Å². The summed E-state index contributed by atoms with van der Waals surface area (Å²) >= 11 is 0. The Morgan fingerprint density at radius 2 is 0.782 bits per heavy atom. The van der Waals surface area contributed by atoms with Crippen LogP contribution in [0.3, 0.4) is 0 Å². The summed E-state index contributed by atoms with van der Waals surface area (Å²) < 4.78 is 103. The number of halogens is 4. The van der Waals surface area contributed by atoms with Crippen molar-refractivity contribution in [2.24, 2.45) is 0 Å². The van der Waals surface area contributed by atoms with E-state index >= 15 is 17.6 Å². The number of hydrogen-bond donors (Lipinski definition) is 6. The molecule has 0 aliphatic rings. The van der Waals surface area contributed by atoms with Crippen LogP contribution in [0.15, 0.2) is 180 Å². The van der Waals surface area contributed by atoms with Crippen LogP contribution in [-0.4, -0.2) is 196 Å². The van der Waals surface area contributed by atoms with Crippen LogP contribution in [0.1, 0.15) is 93.4 Å². The molecule has 650 valence electrons. The molecule has 0 aliphatic carbocycles. The fourth-order valence-electron chi connectivity index (χ4n) is 13.4. The van der Waals surface area contributed by atoms with Crippen LogP contribution in [0.5, 0.6) is 0 Å². The van der Waals surface area contributed by atoms with Crippen LogP contribution >= 0.6 is 0 Å². The van der Waals surface area contributed by atoms with Gasteiger partial charge < -0.3 is 69.5 Å². The minimum Gasteiger partial charge on any atom is -0.462 e. The summed E-state index contributed by atoms with van der Waals surface area (Å²) in [6.45, 7) is 9.01. The molecule has 0 bridgehead atoms. The third-order valence-electron chi connectivity index (χ3n) is 19.3. The maximum atomic E-state index is 15.4. The van der Waals surface area contributed by atoms with Crippen LogP contribution in [0.4, 0.5) is 38.5 Å². The lowest BCUT2D eigenvalue weighted by atomic mass is 10.1. The van der Waals surface area contributed by atoms with E-state index in [1.54, 1.807) is 108 Å². The van der Waals surface area contributed by atoms with Crippen molar-refractivity contribution < 1.29 is 74.8 Å². The lowest BCUT2D eigenvalue weighted by molar-refractivity contribution is -0.123. The van der Waals surface area contributed by atoms with Crippen LogP contribution in [-0.2, 0) is 103 Å². The van der Waals surface area contributed by atoms with Crippen molar-refractivity contribution in [1.29, 1.82) is 0 Å². The number of ether oxygens (including phenoxy) is 6. The van der Waals surface area contributed by atoms with E-state index in [-0.39, 0.29) is 137 Å². The van der Waals surface area contributed by atoms with E-state index in [1.807, 2.05) is 60.7 Å².